The molecule has 50 heavy (non-hydrogen) atoms. The van der Waals surface area contributed by atoms with Crippen molar-refractivity contribution in [2.75, 3.05) is 19.7 Å². The van der Waals surface area contributed by atoms with Crippen LogP contribution in [-0.4, -0.2) is 77.6 Å². The molecule has 0 bridgehead atoms. The molecule has 13 heteroatoms. The largest absolute Gasteiger partial charge is 0.483 e. The van der Waals surface area contributed by atoms with E-state index < -0.39 is 36.0 Å². The van der Waals surface area contributed by atoms with E-state index in [1.165, 1.54) is 19.3 Å². The van der Waals surface area contributed by atoms with Crippen molar-refractivity contribution in [3.05, 3.63) is 57.7 Å². The summed E-state index contributed by atoms with van der Waals surface area (Å²) in [6, 6.07) is 11.5. The molecule has 0 radical (unpaired) electrons. The summed E-state index contributed by atoms with van der Waals surface area (Å²) in [5.41, 5.74) is 0.609. The fourth-order valence-corrected chi connectivity index (χ4v) is 6.90. The summed E-state index contributed by atoms with van der Waals surface area (Å²) in [6.45, 7) is 4.46. The van der Waals surface area contributed by atoms with Gasteiger partial charge in [0.15, 0.2) is 6.61 Å². The van der Waals surface area contributed by atoms with Gasteiger partial charge in [0.2, 0.25) is 11.8 Å². The van der Waals surface area contributed by atoms with E-state index in [9.17, 15) is 29.1 Å². The number of carbonyl (C=O) groups is 5. The van der Waals surface area contributed by atoms with E-state index in [4.69, 9.17) is 9.47 Å². The fraction of sp³-hybridized carbons (Fsp3) is 0.541. The first-order valence-electron chi connectivity index (χ1n) is 17.5. The zero-order chi connectivity index (χ0) is 36.0. The molecule has 1 heterocycles. The number of hydrogen-bond donors (Lipinski definition) is 4. The van der Waals surface area contributed by atoms with Gasteiger partial charge < -0.3 is 35.4 Å². The van der Waals surface area contributed by atoms with E-state index in [2.05, 4.69) is 38.5 Å². The first kappa shape index (κ1) is 38.9. The lowest BCUT2D eigenvalue weighted by molar-refractivity contribution is -0.142. The van der Waals surface area contributed by atoms with Gasteiger partial charge in [0.25, 0.3) is 5.91 Å². The Labute approximate surface area is 307 Å². The van der Waals surface area contributed by atoms with E-state index >= 15 is 0 Å². The number of halogens is 1. The van der Waals surface area contributed by atoms with Gasteiger partial charge in [0, 0.05) is 32.0 Å². The molecule has 2 aliphatic rings. The number of aliphatic carboxylic acids is 1. The van der Waals surface area contributed by atoms with Gasteiger partial charge >= 0.3 is 12.1 Å². The van der Waals surface area contributed by atoms with E-state index in [1.54, 1.807) is 41.3 Å². The lowest BCUT2D eigenvalue weighted by Gasteiger charge is -2.32. The van der Waals surface area contributed by atoms with Gasteiger partial charge in [-0.15, -0.1) is 0 Å². The number of carboxylic acid groups (broad SMARTS) is 1. The Kier molecular flexibility index (Phi) is 15.2. The van der Waals surface area contributed by atoms with E-state index in [0.29, 0.717) is 61.8 Å². The molecule has 272 valence electrons. The Morgan fingerprint density at radius 1 is 0.880 bits per heavy atom. The number of carbonyl (C=O) groups excluding carboxylic acids is 4. The van der Waals surface area contributed by atoms with Crippen molar-refractivity contribution in [3.8, 4) is 11.5 Å². The molecule has 4 N–H and O–H groups in total. The number of piperidine rings is 1. The molecule has 0 unspecified atom stereocenters. The third-order valence-corrected chi connectivity index (χ3v) is 9.95. The SMILES string of the molecule is CC(C)C[C@H](NC(=O)COc1ccccc1I)C(=O)N[C@@H](Cc1ccc(OC(=O)N2CCC(NC(=O)CC3CCCCC3)CC2)cc1)C(=O)O. The Morgan fingerprint density at radius 3 is 2.20 bits per heavy atom. The van der Waals surface area contributed by atoms with Crippen LogP contribution in [0.1, 0.15) is 77.2 Å². The van der Waals surface area contributed by atoms with Crippen LogP contribution in [0.4, 0.5) is 4.79 Å². The predicted molar refractivity (Wildman–Crippen MR) is 196 cm³/mol. The quantitative estimate of drug-likeness (QED) is 0.182. The molecule has 4 rings (SSSR count). The summed E-state index contributed by atoms with van der Waals surface area (Å²) in [4.78, 5) is 65.0. The number of amides is 4. The molecule has 1 saturated carbocycles. The van der Waals surface area contributed by atoms with Gasteiger partial charge in [0.1, 0.15) is 23.6 Å². The van der Waals surface area contributed by atoms with E-state index in [0.717, 1.165) is 16.4 Å². The summed E-state index contributed by atoms with van der Waals surface area (Å²) in [6.07, 6.45) is 7.63. The number of benzene rings is 2. The normalized spacial score (nSPS) is 16.6. The number of rotatable bonds is 15. The maximum atomic E-state index is 13.2. The summed E-state index contributed by atoms with van der Waals surface area (Å²) in [5.74, 6) is -0.839. The monoisotopic (exact) mass is 804 g/mol. The van der Waals surface area contributed by atoms with E-state index in [-0.39, 0.29) is 30.9 Å². The molecule has 0 spiro atoms. The van der Waals surface area contributed by atoms with Crippen molar-refractivity contribution in [1.82, 2.24) is 20.9 Å². The van der Waals surface area contributed by atoms with Crippen LogP contribution in [0.5, 0.6) is 11.5 Å². The zero-order valence-corrected chi connectivity index (χ0v) is 31.0. The van der Waals surface area contributed by atoms with Crippen LogP contribution in [0.3, 0.4) is 0 Å². The number of hydrogen-bond acceptors (Lipinski definition) is 7. The van der Waals surface area contributed by atoms with Crippen molar-refractivity contribution in [1.29, 1.82) is 0 Å². The minimum absolute atomic E-state index is 0.0207. The molecule has 2 aromatic rings. The number of para-hydroxylation sites is 1. The second kappa shape index (κ2) is 19.5. The number of ether oxygens (including phenoxy) is 2. The minimum Gasteiger partial charge on any atom is -0.483 e. The average molecular weight is 805 g/mol. The van der Waals surface area contributed by atoms with Gasteiger partial charge in [-0.05, 0) is 96.4 Å². The molecule has 1 aliphatic carbocycles. The van der Waals surface area contributed by atoms with Crippen LogP contribution in [-0.2, 0) is 25.6 Å². The molecule has 4 amide bonds. The van der Waals surface area contributed by atoms with Gasteiger partial charge in [-0.1, -0.05) is 57.4 Å². The molecule has 1 saturated heterocycles. The van der Waals surface area contributed by atoms with Crippen molar-refractivity contribution in [2.24, 2.45) is 11.8 Å². The van der Waals surface area contributed by atoms with E-state index in [1.807, 2.05) is 26.0 Å². The number of likely N-dealkylation sites (tertiary alicyclic amines) is 1. The molecule has 2 aromatic carbocycles. The average Bonchev–Trinajstić information content (AvgIpc) is 3.08. The summed E-state index contributed by atoms with van der Waals surface area (Å²) in [7, 11) is 0. The molecule has 0 aromatic heterocycles. The third kappa shape index (κ3) is 12.8. The molecular formula is C37H49IN4O8. The van der Waals surface area contributed by atoms with Crippen molar-refractivity contribution >= 4 is 52.4 Å². The van der Waals surface area contributed by atoms with Crippen molar-refractivity contribution in [2.45, 2.75) is 96.2 Å². The lowest BCUT2D eigenvalue weighted by atomic mass is 9.86. The van der Waals surface area contributed by atoms with Crippen LogP contribution < -0.4 is 25.4 Å². The van der Waals surface area contributed by atoms with Crippen LogP contribution in [0.2, 0.25) is 0 Å². The highest BCUT2D eigenvalue weighted by Gasteiger charge is 2.29. The number of nitrogens with one attached hydrogen (secondary N) is 3. The smallest absolute Gasteiger partial charge is 0.415 e. The van der Waals surface area contributed by atoms with Crippen molar-refractivity contribution in [3.63, 3.8) is 0 Å². The van der Waals surface area contributed by atoms with Gasteiger partial charge in [0.05, 0.1) is 3.57 Å². The standard InChI is InChI=1S/C37H49IN4O8/c1-24(2)20-30(40-34(44)23-49-32-11-7-6-10-29(32)38)35(45)41-31(36(46)47)21-26-12-14-28(15-13-26)50-37(48)42-18-16-27(17-19-42)39-33(43)22-25-8-4-3-5-9-25/h6-7,10-15,24-25,27,30-31H,3-5,8-9,16-23H2,1-2H3,(H,39,43)(H,40,44)(H,41,45)(H,46,47)/t30-,31-/m0/s1. The summed E-state index contributed by atoms with van der Waals surface area (Å²) in [5, 5.41) is 18.3. The lowest BCUT2D eigenvalue weighted by Crippen LogP contribution is -2.53. The molecule has 2 atom stereocenters. The van der Waals surface area contributed by atoms with Crippen LogP contribution in [0, 0.1) is 15.4 Å². The predicted octanol–water partition coefficient (Wildman–Crippen LogP) is 5.06. The third-order valence-electron chi connectivity index (χ3n) is 9.05. The van der Waals surface area contributed by atoms with Gasteiger partial charge in [-0.25, -0.2) is 9.59 Å². The second-order valence-electron chi connectivity index (χ2n) is 13.6. The number of nitrogens with zero attached hydrogens (tertiary/aromatic N) is 1. The van der Waals surface area contributed by atoms with Gasteiger partial charge in [-0.3, -0.25) is 14.4 Å². The summed E-state index contributed by atoms with van der Waals surface area (Å²) < 4.78 is 12.0. The highest BCUT2D eigenvalue weighted by atomic mass is 127. The Morgan fingerprint density at radius 2 is 1.56 bits per heavy atom. The van der Waals surface area contributed by atoms with Crippen LogP contribution >= 0.6 is 22.6 Å². The topological polar surface area (TPSA) is 163 Å². The van der Waals surface area contributed by atoms with Crippen LogP contribution in [0.25, 0.3) is 0 Å². The summed E-state index contributed by atoms with van der Waals surface area (Å²) >= 11 is 2.10. The van der Waals surface area contributed by atoms with Gasteiger partial charge in [-0.2, -0.15) is 0 Å². The minimum atomic E-state index is -1.26. The molecule has 2 fully saturated rings. The Balaban J connectivity index is 1.23. The molecule has 12 nitrogen and oxygen atoms in total. The highest BCUT2D eigenvalue weighted by Crippen LogP contribution is 2.26. The van der Waals surface area contributed by atoms with Crippen molar-refractivity contribution < 1.29 is 38.6 Å². The first-order valence-corrected chi connectivity index (χ1v) is 18.6. The maximum Gasteiger partial charge on any atom is 0.415 e. The zero-order valence-electron chi connectivity index (χ0n) is 28.8. The molecular weight excluding hydrogens is 755 g/mol. The Bertz CT molecular complexity index is 1460. The first-order chi connectivity index (χ1) is 24.0. The Hall–Kier alpha value is -3.88. The number of carboxylic acids is 1. The molecule has 1 aliphatic heterocycles. The fourth-order valence-electron chi connectivity index (χ4n) is 6.36. The van der Waals surface area contributed by atoms with Crippen LogP contribution in [0.15, 0.2) is 48.5 Å². The second-order valence-corrected chi connectivity index (χ2v) is 14.8. The maximum absolute atomic E-state index is 13.2. The highest BCUT2D eigenvalue weighted by molar-refractivity contribution is 14.1.